The zero-order valence-electron chi connectivity index (χ0n) is 11.7. The van der Waals surface area contributed by atoms with E-state index in [1.807, 2.05) is 37.4 Å². The van der Waals surface area contributed by atoms with Gasteiger partial charge in [-0.1, -0.05) is 19.9 Å². The summed E-state index contributed by atoms with van der Waals surface area (Å²) in [6.07, 6.45) is 2.69. The van der Waals surface area contributed by atoms with Crippen LogP contribution in [0.5, 0.6) is 0 Å². The van der Waals surface area contributed by atoms with Gasteiger partial charge in [0.15, 0.2) is 0 Å². The molecule has 2 aromatic heterocycles. The first kappa shape index (κ1) is 13.5. The number of hydrogen-bond donors (Lipinski definition) is 1. The van der Waals surface area contributed by atoms with Crippen LogP contribution in [0.1, 0.15) is 36.8 Å². The fraction of sp³-hybridized carbons (Fsp3) is 0.400. The second-order valence-electron chi connectivity index (χ2n) is 4.91. The first-order chi connectivity index (χ1) is 9.15. The normalized spacial score (nSPS) is 10.7. The van der Waals surface area contributed by atoms with Crippen molar-refractivity contribution in [1.82, 2.24) is 15.0 Å². The molecule has 2 aromatic rings. The molecule has 0 saturated carbocycles. The Kier molecular flexibility index (Phi) is 4.44. The molecule has 0 aliphatic carbocycles. The van der Waals surface area contributed by atoms with Crippen molar-refractivity contribution in [1.29, 1.82) is 0 Å². The molecule has 0 unspecified atom stereocenters. The summed E-state index contributed by atoms with van der Waals surface area (Å²) < 4.78 is 0. The Labute approximate surface area is 114 Å². The van der Waals surface area contributed by atoms with Crippen LogP contribution < -0.4 is 5.32 Å². The number of rotatable bonds is 5. The SMILES string of the molecule is Cc1cc(C(C)C)nc(NCCc2ccccn2)n1. The number of pyridine rings is 1. The van der Waals surface area contributed by atoms with Gasteiger partial charge in [-0.25, -0.2) is 9.97 Å². The minimum atomic E-state index is 0.415. The highest BCUT2D eigenvalue weighted by molar-refractivity contribution is 5.29. The Morgan fingerprint density at radius 1 is 1.21 bits per heavy atom. The van der Waals surface area contributed by atoms with E-state index in [-0.39, 0.29) is 0 Å². The molecule has 4 nitrogen and oxygen atoms in total. The van der Waals surface area contributed by atoms with E-state index >= 15 is 0 Å². The van der Waals surface area contributed by atoms with E-state index in [0.29, 0.717) is 11.9 Å². The van der Waals surface area contributed by atoms with E-state index in [0.717, 1.165) is 30.0 Å². The Balaban J connectivity index is 1.96. The number of aryl methyl sites for hydroxylation is 1. The molecule has 0 aromatic carbocycles. The average molecular weight is 256 g/mol. The second kappa shape index (κ2) is 6.27. The van der Waals surface area contributed by atoms with Gasteiger partial charge in [0.2, 0.25) is 5.95 Å². The molecule has 2 rings (SSSR count). The molecular weight excluding hydrogens is 236 g/mol. The summed E-state index contributed by atoms with van der Waals surface area (Å²) in [5.41, 5.74) is 3.15. The van der Waals surface area contributed by atoms with Crippen LogP contribution in [-0.2, 0) is 6.42 Å². The second-order valence-corrected chi connectivity index (χ2v) is 4.91. The van der Waals surface area contributed by atoms with E-state index in [9.17, 15) is 0 Å². The summed E-state index contributed by atoms with van der Waals surface area (Å²) in [4.78, 5) is 13.2. The van der Waals surface area contributed by atoms with Crippen molar-refractivity contribution in [3.8, 4) is 0 Å². The van der Waals surface area contributed by atoms with E-state index in [4.69, 9.17) is 0 Å². The number of nitrogens with one attached hydrogen (secondary N) is 1. The van der Waals surface area contributed by atoms with Crippen LogP contribution in [0.25, 0.3) is 0 Å². The minimum absolute atomic E-state index is 0.415. The van der Waals surface area contributed by atoms with Crippen molar-refractivity contribution in [2.45, 2.75) is 33.1 Å². The first-order valence-corrected chi connectivity index (χ1v) is 6.64. The first-order valence-electron chi connectivity index (χ1n) is 6.64. The molecule has 0 spiro atoms. The molecule has 100 valence electrons. The van der Waals surface area contributed by atoms with Gasteiger partial charge in [0.05, 0.1) is 0 Å². The van der Waals surface area contributed by atoms with Gasteiger partial charge in [0.25, 0.3) is 0 Å². The molecule has 1 N–H and O–H groups in total. The van der Waals surface area contributed by atoms with Crippen LogP contribution >= 0.6 is 0 Å². The number of anilines is 1. The fourth-order valence-electron chi connectivity index (χ4n) is 1.82. The van der Waals surface area contributed by atoms with Gasteiger partial charge in [-0.15, -0.1) is 0 Å². The van der Waals surface area contributed by atoms with Crippen LogP contribution in [-0.4, -0.2) is 21.5 Å². The maximum absolute atomic E-state index is 4.52. The largest absolute Gasteiger partial charge is 0.354 e. The van der Waals surface area contributed by atoms with Gasteiger partial charge < -0.3 is 5.32 Å². The van der Waals surface area contributed by atoms with Crippen molar-refractivity contribution >= 4 is 5.95 Å². The molecular formula is C15H20N4. The van der Waals surface area contributed by atoms with Crippen molar-refractivity contribution in [2.24, 2.45) is 0 Å². The van der Waals surface area contributed by atoms with Gasteiger partial charge in [-0.2, -0.15) is 0 Å². The smallest absolute Gasteiger partial charge is 0.223 e. The molecule has 0 fully saturated rings. The topological polar surface area (TPSA) is 50.7 Å². The van der Waals surface area contributed by atoms with Gasteiger partial charge >= 0.3 is 0 Å². The highest BCUT2D eigenvalue weighted by atomic mass is 15.1. The molecule has 2 heterocycles. The third-order valence-electron chi connectivity index (χ3n) is 2.86. The summed E-state index contributed by atoms with van der Waals surface area (Å²) in [6, 6.07) is 7.99. The van der Waals surface area contributed by atoms with E-state index in [2.05, 4.69) is 34.1 Å². The molecule has 0 amide bonds. The third-order valence-corrected chi connectivity index (χ3v) is 2.86. The lowest BCUT2D eigenvalue weighted by atomic mass is 10.1. The quantitative estimate of drug-likeness (QED) is 0.893. The van der Waals surface area contributed by atoms with Crippen LogP contribution in [0.4, 0.5) is 5.95 Å². The zero-order chi connectivity index (χ0) is 13.7. The lowest BCUT2D eigenvalue weighted by molar-refractivity contribution is 0.807. The number of aromatic nitrogens is 3. The molecule has 0 saturated heterocycles. The Bertz CT molecular complexity index is 523. The van der Waals surface area contributed by atoms with E-state index in [1.54, 1.807) is 0 Å². The molecule has 0 radical (unpaired) electrons. The standard InChI is InChI=1S/C15H20N4/c1-11(2)14-10-12(3)18-15(19-14)17-9-7-13-6-4-5-8-16-13/h4-6,8,10-11H,7,9H2,1-3H3,(H,17,18,19). The summed E-state index contributed by atoms with van der Waals surface area (Å²) in [5.74, 6) is 1.12. The van der Waals surface area contributed by atoms with Gasteiger partial charge in [0.1, 0.15) is 0 Å². The van der Waals surface area contributed by atoms with Crippen molar-refractivity contribution in [3.63, 3.8) is 0 Å². The highest BCUT2D eigenvalue weighted by Gasteiger charge is 2.05. The maximum Gasteiger partial charge on any atom is 0.223 e. The molecule has 0 aliphatic rings. The average Bonchev–Trinajstić information content (AvgIpc) is 2.39. The summed E-state index contributed by atoms with van der Waals surface area (Å²) in [6.45, 7) is 7.06. The molecule has 19 heavy (non-hydrogen) atoms. The minimum Gasteiger partial charge on any atom is -0.354 e. The predicted octanol–water partition coefficient (Wildman–Crippen LogP) is 2.96. The van der Waals surface area contributed by atoms with Crippen LogP contribution in [0.3, 0.4) is 0 Å². The molecule has 0 aliphatic heterocycles. The molecule has 0 atom stereocenters. The van der Waals surface area contributed by atoms with E-state index < -0.39 is 0 Å². The third kappa shape index (κ3) is 4.02. The summed E-state index contributed by atoms with van der Waals surface area (Å²) in [5, 5.41) is 3.27. The monoisotopic (exact) mass is 256 g/mol. The Morgan fingerprint density at radius 3 is 2.74 bits per heavy atom. The Morgan fingerprint density at radius 2 is 2.05 bits per heavy atom. The van der Waals surface area contributed by atoms with Crippen molar-refractivity contribution in [3.05, 3.63) is 47.5 Å². The fourth-order valence-corrected chi connectivity index (χ4v) is 1.82. The highest BCUT2D eigenvalue weighted by Crippen LogP contribution is 2.14. The van der Waals surface area contributed by atoms with Gasteiger partial charge in [0, 0.05) is 36.2 Å². The number of hydrogen-bond acceptors (Lipinski definition) is 4. The van der Waals surface area contributed by atoms with Crippen LogP contribution in [0.2, 0.25) is 0 Å². The number of nitrogens with zero attached hydrogens (tertiary/aromatic N) is 3. The Hall–Kier alpha value is -1.97. The van der Waals surface area contributed by atoms with Crippen LogP contribution in [0, 0.1) is 6.92 Å². The van der Waals surface area contributed by atoms with Crippen molar-refractivity contribution in [2.75, 3.05) is 11.9 Å². The maximum atomic E-state index is 4.52. The predicted molar refractivity (Wildman–Crippen MR) is 77.3 cm³/mol. The lowest BCUT2D eigenvalue weighted by Gasteiger charge is -2.09. The lowest BCUT2D eigenvalue weighted by Crippen LogP contribution is -2.10. The zero-order valence-corrected chi connectivity index (χ0v) is 11.7. The van der Waals surface area contributed by atoms with Gasteiger partial charge in [-0.05, 0) is 31.0 Å². The summed E-state index contributed by atoms with van der Waals surface area (Å²) >= 11 is 0. The van der Waals surface area contributed by atoms with Crippen LogP contribution in [0.15, 0.2) is 30.5 Å². The van der Waals surface area contributed by atoms with E-state index in [1.165, 1.54) is 0 Å². The molecule has 0 bridgehead atoms. The summed E-state index contributed by atoms with van der Waals surface area (Å²) in [7, 11) is 0. The van der Waals surface area contributed by atoms with Gasteiger partial charge in [-0.3, -0.25) is 4.98 Å². The van der Waals surface area contributed by atoms with Crippen molar-refractivity contribution < 1.29 is 0 Å². The molecule has 4 heteroatoms.